The highest BCUT2D eigenvalue weighted by atomic mass is 16.5. The Kier molecular flexibility index (Phi) is 4.54. The van der Waals surface area contributed by atoms with Gasteiger partial charge in [0.15, 0.2) is 0 Å². The van der Waals surface area contributed by atoms with Crippen molar-refractivity contribution in [3.05, 3.63) is 12.3 Å². The van der Waals surface area contributed by atoms with Crippen LogP contribution in [0.5, 0.6) is 5.88 Å². The molecule has 1 fully saturated rings. The molecule has 2 atom stereocenters. The van der Waals surface area contributed by atoms with Crippen LogP contribution in [-0.4, -0.2) is 33.7 Å². The first-order valence-electron chi connectivity index (χ1n) is 6.66. The maximum atomic E-state index is 11.2. The first-order chi connectivity index (χ1) is 9.20. The van der Waals surface area contributed by atoms with Gasteiger partial charge in [0.05, 0.1) is 12.5 Å². The van der Waals surface area contributed by atoms with E-state index in [0.29, 0.717) is 24.9 Å². The largest absolute Gasteiger partial charge is 0.481 e. The third-order valence-corrected chi connectivity index (χ3v) is 3.32. The van der Waals surface area contributed by atoms with Gasteiger partial charge in [-0.1, -0.05) is 12.8 Å². The molecule has 0 spiro atoms. The summed E-state index contributed by atoms with van der Waals surface area (Å²) in [5.41, 5.74) is 0. The van der Waals surface area contributed by atoms with E-state index >= 15 is 0 Å². The number of carboxylic acids is 1. The van der Waals surface area contributed by atoms with Crippen LogP contribution in [0.3, 0.4) is 0 Å². The Labute approximate surface area is 112 Å². The minimum atomic E-state index is -0.752. The predicted molar refractivity (Wildman–Crippen MR) is 70.2 cm³/mol. The Bertz CT molecular complexity index is 439. The lowest BCUT2D eigenvalue weighted by Crippen LogP contribution is -2.37. The zero-order chi connectivity index (χ0) is 13.7. The highest BCUT2D eigenvalue weighted by Crippen LogP contribution is 2.26. The zero-order valence-corrected chi connectivity index (χ0v) is 11.0. The molecule has 0 aliphatic heterocycles. The molecule has 1 aliphatic rings. The SMILES string of the molecule is CCOc1ccnc(NC2CCCCC2C(=O)O)n1. The third kappa shape index (κ3) is 3.56. The third-order valence-electron chi connectivity index (χ3n) is 3.32. The number of aromatic nitrogens is 2. The topological polar surface area (TPSA) is 84.3 Å². The van der Waals surface area contributed by atoms with Gasteiger partial charge in [-0.25, -0.2) is 4.98 Å². The van der Waals surface area contributed by atoms with E-state index in [1.165, 1.54) is 0 Å². The number of aliphatic carboxylic acids is 1. The second-order valence-corrected chi connectivity index (χ2v) is 4.63. The molecule has 1 aromatic rings. The van der Waals surface area contributed by atoms with Crippen LogP contribution in [0.25, 0.3) is 0 Å². The minimum absolute atomic E-state index is 0.108. The fourth-order valence-electron chi connectivity index (χ4n) is 2.40. The highest BCUT2D eigenvalue weighted by Gasteiger charge is 2.31. The van der Waals surface area contributed by atoms with Crippen molar-refractivity contribution >= 4 is 11.9 Å². The summed E-state index contributed by atoms with van der Waals surface area (Å²) in [6.07, 6.45) is 5.15. The monoisotopic (exact) mass is 265 g/mol. The van der Waals surface area contributed by atoms with Gasteiger partial charge >= 0.3 is 5.97 Å². The Morgan fingerprint density at radius 3 is 3.05 bits per heavy atom. The van der Waals surface area contributed by atoms with Crippen molar-refractivity contribution in [2.24, 2.45) is 5.92 Å². The fraction of sp³-hybridized carbons (Fsp3) is 0.615. The molecule has 1 aromatic heterocycles. The first kappa shape index (κ1) is 13.6. The maximum absolute atomic E-state index is 11.2. The van der Waals surface area contributed by atoms with Crippen LogP contribution in [0.2, 0.25) is 0 Å². The van der Waals surface area contributed by atoms with Gasteiger partial charge in [0.2, 0.25) is 11.8 Å². The molecule has 0 aromatic carbocycles. The molecule has 1 aliphatic carbocycles. The summed E-state index contributed by atoms with van der Waals surface area (Å²) in [4.78, 5) is 19.5. The van der Waals surface area contributed by atoms with Crippen LogP contribution in [0.1, 0.15) is 32.6 Å². The van der Waals surface area contributed by atoms with E-state index in [-0.39, 0.29) is 12.0 Å². The molecule has 2 unspecified atom stereocenters. The number of rotatable bonds is 5. The van der Waals surface area contributed by atoms with Crippen molar-refractivity contribution in [2.45, 2.75) is 38.6 Å². The second-order valence-electron chi connectivity index (χ2n) is 4.63. The van der Waals surface area contributed by atoms with Gasteiger partial charge in [-0.2, -0.15) is 4.98 Å². The van der Waals surface area contributed by atoms with Crippen molar-refractivity contribution in [3.8, 4) is 5.88 Å². The van der Waals surface area contributed by atoms with Gasteiger partial charge in [-0.3, -0.25) is 4.79 Å². The summed E-state index contributed by atoms with van der Waals surface area (Å²) in [6.45, 7) is 2.43. The number of carbonyl (C=O) groups is 1. The average Bonchev–Trinajstić information content (AvgIpc) is 2.40. The lowest BCUT2D eigenvalue weighted by molar-refractivity contribution is -0.143. The van der Waals surface area contributed by atoms with Gasteiger partial charge in [-0.05, 0) is 19.8 Å². The summed E-state index contributed by atoms with van der Waals surface area (Å²) >= 11 is 0. The molecule has 0 radical (unpaired) electrons. The molecular formula is C13H19N3O3. The van der Waals surface area contributed by atoms with Gasteiger partial charge in [0, 0.05) is 18.3 Å². The van der Waals surface area contributed by atoms with Crippen molar-refractivity contribution in [3.63, 3.8) is 0 Å². The predicted octanol–water partition coefficient (Wildman–Crippen LogP) is 1.93. The van der Waals surface area contributed by atoms with E-state index < -0.39 is 5.97 Å². The average molecular weight is 265 g/mol. The van der Waals surface area contributed by atoms with Gasteiger partial charge in [-0.15, -0.1) is 0 Å². The molecule has 6 heteroatoms. The van der Waals surface area contributed by atoms with Gasteiger partial charge < -0.3 is 15.2 Å². The summed E-state index contributed by atoms with van der Waals surface area (Å²) < 4.78 is 5.30. The number of nitrogens with one attached hydrogen (secondary N) is 1. The van der Waals surface area contributed by atoms with Crippen molar-refractivity contribution in [1.82, 2.24) is 9.97 Å². The number of hydrogen-bond acceptors (Lipinski definition) is 5. The molecule has 2 rings (SSSR count). The summed E-state index contributed by atoms with van der Waals surface area (Å²) in [5, 5.41) is 12.3. The molecule has 1 heterocycles. The molecule has 2 N–H and O–H groups in total. The second kappa shape index (κ2) is 6.36. The number of nitrogens with zero attached hydrogens (tertiary/aromatic N) is 2. The minimum Gasteiger partial charge on any atom is -0.481 e. The van der Waals surface area contributed by atoms with Crippen LogP contribution < -0.4 is 10.1 Å². The van der Waals surface area contributed by atoms with E-state index in [2.05, 4.69) is 15.3 Å². The Hall–Kier alpha value is -1.85. The van der Waals surface area contributed by atoms with Crippen LogP contribution in [-0.2, 0) is 4.79 Å². The smallest absolute Gasteiger partial charge is 0.308 e. The van der Waals surface area contributed by atoms with Crippen LogP contribution in [0.15, 0.2) is 12.3 Å². The zero-order valence-electron chi connectivity index (χ0n) is 11.0. The molecule has 104 valence electrons. The lowest BCUT2D eigenvalue weighted by atomic mass is 9.84. The molecule has 1 saturated carbocycles. The maximum Gasteiger partial charge on any atom is 0.308 e. The molecule has 6 nitrogen and oxygen atoms in total. The standard InChI is InChI=1S/C13H19N3O3/c1-2-19-11-7-8-14-13(16-11)15-10-6-4-3-5-9(10)12(17)18/h7-10H,2-6H2,1H3,(H,17,18)(H,14,15,16). The van der Waals surface area contributed by atoms with Crippen molar-refractivity contribution < 1.29 is 14.6 Å². The van der Waals surface area contributed by atoms with Crippen LogP contribution in [0, 0.1) is 5.92 Å². The van der Waals surface area contributed by atoms with Gasteiger partial charge in [0.25, 0.3) is 0 Å². The summed E-state index contributed by atoms with van der Waals surface area (Å²) in [7, 11) is 0. The molecular weight excluding hydrogens is 246 g/mol. The van der Waals surface area contributed by atoms with E-state index in [1.807, 2.05) is 6.92 Å². The van der Waals surface area contributed by atoms with Gasteiger partial charge in [0.1, 0.15) is 0 Å². The lowest BCUT2D eigenvalue weighted by Gasteiger charge is -2.29. The quantitative estimate of drug-likeness (QED) is 0.846. The Morgan fingerprint density at radius 2 is 2.32 bits per heavy atom. The molecule has 0 bridgehead atoms. The molecule has 19 heavy (non-hydrogen) atoms. The number of ether oxygens (including phenoxy) is 1. The first-order valence-corrected chi connectivity index (χ1v) is 6.66. The Balaban J connectivity index is 2.06. The van der Waals surface area contributed by atoms with Crippen molar-refractivity contribution in [1.29, 1.82) is 0 Å². The van der Waals surface area contributed by atoms with Crippen LogP contribution >= 0.6 is 0 Å². The number of carboxylic acid groups (broad SMARTS) is 1. The van der Waals surface area contributed by atoms with E-state index in [0.717, 1.165) is 19.3 Å². The van der Waals surface area contributed by atoms with E-state index in [4.69, 9.17) is 4.74 Å². The summed E-state index contributed by atoms with van der Waals surface area (Å²) in [6, 6.07) is 1.58. The molecule has 0 saturated heterocycles. The molecule has 0 amide bonds. The number of anilines is 1. The summed E-state index contributed by atoms with van der Waals surface area (Å²) in [5.74, 6) is -0.182. The highest BCUT2D eigenvalue weighted by molar-refractivity contribution is 5.71. The number of hydrogen-bond donors (Lipinski definition) is 2. The Morgan fingerprint density at radius 1 is 1.53 bits per heavy atom. The van der Waals surface area contributed by atoms with E-state index in [1.54, 1.807) is 12.3 Å². The van der Waals surface area contributed by atoms with E-state index in [9.17, 15) is 9.90 Å². The van der Waals surface area contributed by atoms with Crippen LogP contribution in [0.4, 0.5) is 5.95 Å². The normalized spacial score (nSPS) is 22.8. The fourth-order valence-corrected chi connectivity index (χ4v) is 2.40. The van der Waals surface area contributed by atoms with Crippen molar-refractivity contribution in [2.75, 3.05) is 11.9 Å².